The Bertz CT molecular complexity index is 476. The summed E-state index contributed by atoms with van der Waals surface area (Å²) in [4.78, 5) is 11.5. The molecule has 2 rings (SSSR count). The van der Waals surface area contributed by atoms with Crippen molar-refractivity contribution in [1.29, 1.82) is 0 Å². The minimum Gasteiger partial charge on any atom is -0.314 e. The summed E-state index contributed by atoms with van der Waals surface area (Å²) in [6.07, 6.45) is -1.68. The number of halogens is 3. The Balaban J connectivity index is 2.30. The summed E-state index contributed by atoms with van der Waals surface area (Å²) < 4.78 is 38.6. The third kappa shape index (κ3) is 2.68. The van der Waals surface area contributed by atoms with Gasteiger partial charge in [-0.3, -0.25) is 4.79 Å². The molecule has 0 aliphatic heterocycles. The van der Waals surface area contributed by atoms with Gasteiger partial charge in [-0.25, -0.2) is 0 Å². The summed E-state index contributed by atoms with van der Waals surface area (Å²) in [5.74, 6) is 0.593. The van der Waals surface area contributed by atoms with E-state index in [2.05, 4.69) is 12.6 Å². The third-order valence-corrected chi connectivity index (χ3v) is 3.78. The fourth-order valence-electron chi connectivity index (χ4n) is 1.73. The first-order valence-electron chi connectivity index (χ1n) is 5.25. The average molecular weight is 263 g/mol. The molecule has 17 heavy (non-hydrogen) atoms. The molecule has 0 bridgehead atoms. The molecule has 1 aromatic rings. The molecule has 0 N–H and O–H groups in total. The highest BCUT2D eigenvalue weighted by molar-refractivity contribution is 7.80. The Kier molecular flexibility index (Phi) is 3.01. The molecule has 1 saturated carbocycles. The van der Waals surface area contributed by atoms with Gasteiger partial charge in [-0.15, -0.1) is 0 Å². The van der Waals surface area contributed by atoms with Crippen LogP contribution >= 0.6 is 12.6 Å². The standard InChI is InChI=1S/C11H12F3NOS/c12-11(13,14)8-1-2-9(16)15(5-8)6-10(7-17)3-4-10/h1-2,5,17H,3-4,6-7H2. The highest BCUT2D eigenvalue weighted by atomic mass is 32.1. The van der Waals surface area contributed by atoms with Crippen LogP contribution in [0.2, 0.25) is 0 Å². The van der Waals surface area contributed by atoms with Crippen molar-refractivity contribution in [2.45, 2.75) is 25.6 Å². The summed E-state index contributed by atoms with van der Waals surface area (Å²) in [5.41, 5.74) is -1.27. The number of aromatic nitrogens is 1. The maximum atomic E-state index is 12.5. The minimum absolute atomic E-state index is 0.0862. The topological polar surface area (TPSA) is 22.0 Å². The lowest BCUT2D eigenvalue weighted by molar-refractivity contribution is -0.138. The van der Waals surface area contributed by atoms with Crippen LogP contribution in [0.15, 0.2) is 23.1 Å². The molecule has 0 amide bonds. The quantitative estimate of drug-likeness (QED) is 0.832. The van der Waals surface area contributed by atoms with Crippen LogP contribution in [0, 0.1) is 5.41 Å². The van der Waals surface area contributed by atoms with Crippen molar-refractivity contribution in [2.24, 2.45) is 5.41 Å². The lowest BCUT2D eigenvalue weighted by Gasteiger charge is -2.15. The Hall–Kier alpha value is -0.910. The molecule has 0 spiro atoms. The van der Waals surface area contributed by atoms with Crippen LogP contribution in [-0.4, -0.2) is 10.3 Å². The largest absolute Gasteiger partial charge is 0.417 e. The van der Waals surface area contributed by atoms with Gasteiger partial charge in [-0.2, -0.15) is 25.8 Å². The highest BCUT2D eigenvalue weighted by Crippen LogP contribution is 2.47. The molecule has 2 nitrogen and oxygen atoms in total. The number of rotatable bonds is 3. The molecule has 0 atom stereocenters. The van der Waals surface area contributed by atoms with Gasteiger partial charge in [-0.05, 0) is 30.1 Å². The van der Waals surface area contributed by atoms with E-state index < -0.39 is 17.3 Å². The van der Waals surface area contributed by atoms with Crippen LogP contribution in [0.5, 0.6) is 0 Å². The third-order valence-electron chi connectivity index (χ3n) is 3.11. The van der Waals surface area contributed by atoms with Gasteiger partial charge < -0.3 is 4.57 Å². The molecule has 0 saturated heterocycles. The monoisotopic (exact) mass is 263 g/mol. The van der Waals surface area contributed by atoms with Crippen molar-refractivity contribution in [1.82, 2.24) is 4.57 Å². The molecule has 1 aliphatic carbocycles. The molecule has 1 aromatic heterocycles. The van der Waals surface area contributed by atoms with Crippen molar-refractivity contribution in [3.63, 3.8) is 0 Å². The predicted octanol–water partition coefficient (Wildman–Crippen LogP) is 2.58. The molecular formula is C11H12F3NOS. The van der Waals surface area contributed by atoms with E-state index in [0.717, 1.165) is 35.7 Å². The van der Waals surface area contributed by atoms with E-state index in [4.69, 9.17) is 0 Å². The number of pyridine rings is 1. The molecule has 0 radical (unpaired) electrons. The number of alkyl halides is 3. The average Bonchev–Trinajstić information content (AvgIpc) is 3.00. The minimum atomic E-state index is -4.41. The van der Waals surface area contributed by atoms with E-state index in [0.29, 0.717) is 12.3 Å². The summed E-state index contributed by atoms with van der Waals surface area (Å²) in [7, 11) is 0. The van der Waals surface area contributed by atoms with Crippen molar-refractivity contribution in [3.05, 3.63) is 34.2 Å². The summed E-state index contributed by atoms with van der Waals surface area (Å²) in [6.45, 7) is 0.319. The van der Waals surface area contributed by atoms with Gasteiger partial charge in [0.25, 0.3) is 5.56 Å². The first-order chi connectivity index (χ1) is 7.86. The fraction of sp³-hybridized carbons (Fsp3) is 0.545. The molecule has 6 heteroatoms. The zero-order valence-electron chi connectivity index (χ0n) is 9.00. The SMILES string of the molecule is O=c1ccc(C(F)(F)F)cn1CC1(CS)CC1. The van der Waals surface area contributed by atoms with E-state index in [1.165, 1.54) is 0 Å². The Morgan fingerprint density at radius 1 is 1.35 bits per heavy atom. The van der Waals surface area contributed by atoms with Crippen molar-refractivity contribution >= 4 is 12.6 Å². The molecular weight excluding hydrogens is 251 g/mol. The summed E-state index contributed by atoms with van der Waals surface area (Å²) >= 11 is 4.17. The second-order valence-corrected chi connectivity index (χ2v) is 4.86. The fourth-order valence-corrected chi connectivity index (χ4v) is 2.14. The van der Waals surface area contributed by atoms with Gasteiger partial charge in [0.2, 0.25) is 0 Å². The Labute approximate surface area is 102 Å². The predicted molar refractivity (Wildman–Crippen MR) is 61.2 cm³/mol. The highest BCUT2D eigenvalue weighted by Gasteiger charge is 2.42. The summed E-state index contributed by atoms with van der Waals surface area (Å²) in [6, 6.07) is 1.79. The second kappa shape index (κ2) is 4.08. The van der Waals surface area contributed by atoms with E-state index in [-0.39, 0.29) is 5.41 Å². The van der Waals surface area contributed by atoms with Crippen LogP contribution < -0.4 is 5.56 Å². The van der Waals surface area contributed by atoms with E-state index in [9.17, 15) is 18.0 Å². The first kappa shape index (κ1) is 12.5. The van der Waals surface area contributed by atoms with Gasteiger partial charge in [0, 0.05) is 18.8 Å². The molecule has 1 heterocycles. The van der Waals surface area contributed by atoms with Crippen molar-refractivity contribution in [2.75, 3.05) is 5.75 Å². The van der Waals surface area contributed by atoms with Gasteiger partial charge in [0.05, 0.1) is 5.56 Å². The zero-order chi connectivity index (χ0) is 12.7. The van der Waals surface area contributed by atoms with Crippen molar-refractivity contribution < 1.29 is 13.2 Å². The maximum absolute atomic E-state index is 12.5. The molecule has 0 aromatic carbocycles. The van der Waals surface area contributed by atoms with Crippen LogP contribution in [0.4, 0.5) is 13.2 Å². The number of hydrogen-bond acceptors (Lipinski definition) is 2. The summed E-state index contributed by atoms with van der Waals surface area (Å²) in [5, 5.41) is 0. The normalized spacial score (nSPS) is 18.1. The first-order valence-corrected chi connectivity index (χ1v) is 5.88. The molecule has 1 fully saturated rings. The van der Waals surface area contributed by atoms with Crippen LogP contribution in [-0.2, 0) is 12.7 Å². The van der Waals surface area contributed by atoms with Gasteiger partial charge in [-0.1, -0.05) is 0 Å². The van der Waals surface area contributed by atoms with E-state index in [1.807, 2.05) is 0 Å². The van der Waals surface area contributed by atoms with Gasteiger partial charge in [0.1, 0.15) is 0 Å². The number of hydrogen-bond donors (Lipinski definition) is 1. The lowest BCUT2D eigenvalue weighted by Crippen LogP contribution is -2.26. The van der Waals surface area contributed by atoms with E-state index >= 15 is 0 Å². The van der Waals surface area contributed by atoms with Gasteiger partial charge in [0.15, 0.2) is 0 Å². The number of nitrogens with zero attached hydrogens (tertiary/aromatic N) is 1. The maximum Gasteiger partial charge on any atom is 0.417 e. The zero-order valence-corrected chi connectivity index (χ0v) is 9.89. The lowest BCUT2D eigenvalue weighted by atomic mass is 10.1. The van der Waals surface area contributed by atoms with Crippen molar-refractivity contribution in [3.8, 4) is 0 Å². The number of thiol groups is 1. The van der Waals surface area contributed by atoms with Crippen LogP contribution in [0.1, 0.15) is 18.4 Å². The molecule has 1 aliphatic rings. The Morgan fingerprint density at radius 3 is 2.47 bits per heavy atom. The smallest absolute Gasteiger partial charge is 0.314 e. The van der Waals surface area contributed by atoms with E-state index in [1.54, 1.807) is 0 Å². The van der Waals surface area contributed by atoms with Crippen LogP contribution in [0.25, 0.3) is 0 Å². The molecule has 94 valence electrons. The van der Waals surface area contributed by atoms with Crippen LogP contribution in [0.3, 0.4) is 0 Å². The Morgan fingerprint density at radius 2 is 2.00 bits per heavy atom. The van der Waals surface area contributed by atoms with Gasteiger partial charge >= 0.3 is 6.18 Å². The second-order valence-electron chi connectivity index (χ2n) is 4.54. The molecule has 0 unspecified atom stereocenters.